The number of hydrogen-bond acceptors (Lipinski definition) is 5. The van der Waals surface area contributed by atoms with Gasteiger partial charge < -0.3 is 14.6 Å². The zero-order valence-electron chi connectivity index (χ0n) is 14.3. The van der Waals surface area contributed by atoms with Crippen LogP contribution in [0.5, 0.6) is 0 Å². The quantitative estimate of drug-likeness (QED) is 0.884. The Hall–Kier alpha value is -1.73. The van der Waals surface area contributed by atoms with Crippen LogP contribution in [0.3, 0.4) is 0 Å². The highest BCUT2D eigenvalue weighted by atomic mass is 32.1. The van der Waals surface area contributed by atoms with Crippen LogP contribution in [-0.2, 0) is 11.3 Å². The van der Waals surface area contributed by atoms with Gasteiger partial charge in [-0.3, -0.25) is 4.79 Å². The second-order valence-corrected chi connectivity index (χ2v) is 7.95. The molecule has 0 bridgehead atoms. The largest absolute Gasteiger partial charge is 0.373 e. The number of thiophene rings is 1. The van der Waals surface area contributed by atoms with Crippen LogP contribution >= 0.6 is 11.3 Å². The second-order valence-electron chi connectivity index (χ2n) is 6.83. The Morgan fingerprint density at radius 1 is 1.24 bits per heavy atom. The molecular weight excluding hydrogens is 336 g/mol. The molecule has 1 unspecified atom stereocenters. The summed E-state index contributed by atoms with van der Waals surface area (Å²) in [5, 5.41) is 11.3. The van der Waals surface area contributed by atoms with Crippen molar-refractivity contribution in [2.75, 3.05) is 6.61 Å². The Balaban J connectivity index is 1.37. The van der Waals surface area contributed by atoms with E-state index in [2.05, 4.69) is 20.1 Å². The SMILES string of the molecule is O=C(NCc1nncn1C1CCCCC1)c1ccc(C2CCCO2)s1. The topological polar surface area (TPSA) is 69.0 Å². The lowest BCUT2D eigenvalue weighted by atomic mass is 9.95. The Labute approximate surface area is 151 Å². The first-order valence-electron chi connectivity index (χ1n) is 9.19. The summed E-state index contributed by atoms with van der Waals surface area (Å²) in [6.45, 7) is 1.24. The molecule has 1 aliphatic heterocycles. The van der Waals surface area contributed by atoms with Crippen molar-refractivity contribution in [3.63, 3.8) is 0 Å². The van der Waals surface area contributed by atoms with E-state index in [0.717, 1.165) is 35.0 Å². The average molecular weight is 360 g/mol. The number of ether oxygens (including phenoxy) is 1. The molecule has 7 heteroatoms. The Morgan fingerprint density at radius 2 is 2.12 bits per heavy atom. The monoisotopic (exact) mass is 360 g/mol. The van der Waals surface area contributed by atoms with Gasteiger partial charge in [-0.2, -0.15) is 0 Å². The van der Waals surface area contributed by atoms with Gasteiger partial charge >= 0.3 is 0 Å². The molecule has 0 radical (unpaired) electrons. The molecule has 1 N–H and O–H groups in total. The lowest BCUT2D eigenvalue weighted by Gasteiger charge is -2.23. The van der Waals surface area contributed by atoms with Gasteiger partial charge in [-0.25, -0.2) is 0 Å². The fraction of sp³-hybridized carbons (Fsp3) is 0.611. The van der Waals surface area contributed by atoms with Gasteiger partial charge in [0.2, 0.25) is 0 Å². The predicted octanol–water partition coefficient (Wildman–Crippen LogP) is 3.63. The molecule has 6 nitrogen and oxygen atoms in total. The molecule has 2 aromatic rings. The maximum absolute atomic E-state index is 12.5. The zero-order valence-corrected chi connectivity index (χ0v) is 15.1. The van der Waals surface area contributed by atoms with E-state index in [0.29, 0.717) is 12.6 Å². The van der Waals surface area contributed by atoms with Crippen molar-refractivity contribution in [2.45, 2.75) is 63.6 Å². The number of carbonyl (C=O) groups is 1. The predicted molar refractivity (Wildman–Crippen MR) is 95.6 cm³/mol. The Kier molecular flexibility index (Phi) is 5.12. The highest BCUT2D eigenvalue weighted by Gasteiger charge is 2.22. The minimum atomic E-state index is -0.0487. The fourth-order valence-electron chi connectivity index (χ4n) is 3.75. The van der Waals surface area contributed by atoms with Crippen molar-refractivity contribution < 1.29 is 9.53 Å². The number of rotatable bonds is 5. The summed E-state index contributed by atoms with van der Waals surface area (Å²) in [6, 6.07) is 4.38. The second kappa shape index (κ2) is 7.66. The third-order valence-corrected chi connectivity index (χ3v) is 6.30. The summed E-state index contributed by atoms with van der Waals surface area (Å²) in [5.41, 5.74) is 0. The standard InChI is InChI=1S/C18H24N4O2S/c23-18(16-9-8-15(25-16)14-7-4-10-24-14)19-11-17-21-20-12-22(17)13-5-2-1-3-6-13/h8-9,12-14H,1-7,10-11H2,(H,19,23). The first kappa shape index (κ1) is 16.7. The van der Waals surface area contributed by atoms with Crippen LogP contribution < -0.4 is 5.32 Å². The summed E-state index contributed by atoms with van der Waals surface area (Å²) >= 11 is 1.53. The Morgan fingerprint density at radius 3 is 2.92 bits per heavy atom. The maximum atomic E-state index is 12.5. The van der Waals surface area contributed by atoms with Crippen LogP contribution in [0, 0.1) is 0 Å². The van der Waals surface area contributed by atoms with Crippen LogP contribution in [0.4, 0.5) is 0 Å². The minimum Gasteiger partial charge on any atom is -0.373 e. The first-order chi connectivity index (χ1) is 12.3. The van der Waals surface area contributed by atoms with Crippen molar-refractivity contribution in [1.29, 1.82) is 0 Å². The van der Waals surface area contributed by atoms with Gasteiger partial charge in [0, 0.05) is 17.5 Å². The van der Waals surface area contributed by atoms with Gasteiger partial charge in [-0.05, 0) is 37.8 Å². The molecule has 0 spiro atoms. The molecule has 134 valence electrons. The normalized spacial score (nSPS) is 21.5. The van der Waals surface area contributed by atoms with Gasteiger partial charge in [0.25, 0.3) is 5.91 Å². The highest BCUT2D eigenvalue weighted by molar-refractivity contribution is 7.14. The van der Waals surface area contributed by atoms with Gasteiger partial charge in [-0.1, -0.05) is 19.3 Å². The summed E-state index contributed by atoms with van der Waals surface area (Å²) in [6.07, 6.45) is 10.3. The Bertz CT molecular complexity index is 714. The fourth-order valence-corrected chi connectivity index (χ4v) is 4.76. The number of carbonyl (C=O) groups excluding carboxylic acids is 1. The number of hydrogen-bond donors (Lipinski definition) is 1. The van der Waals surface area contributed by atoms with Crippen LogP contribution in [0.25, 0.3) is 0 Å². The zero-order chi connectivity index (χ0) is 17.1. The van der Waals surface area contributed by atoms with E-state index < -0.39 is 0 Å². The molecule has 3 heterocycles. The van der Waals surface area contributed by atoms with Crippen LogP contribution in [0.15, 0.2) is 18.5 Å². The van der Waals surface area contributed by atoms with Crippen molar-refractivity contribution in [3.8, 4) is 0 Å². The van der Waals surface area contributed by atoms with E-state index in [-0.39, 0.29) is 12.0 Å². The van der Waals surface area contributed by atoms with Crippen LogP contribution in [0.1, 0.15) is 77.5 Å². The minimum absolute atomic E-state index is 0.0487. The molecule has 1 saturated carbocycles. The molecule has 4 rings (SSSR count). The average Bonchev–Trinajstić information content (AvgIpc) is 3.41. The molecule has 1 amide bonds. The molecule has 2 fully saturated rings. The molecule has 0 aromatic carbocycles. The third-order valence-electron chi connectivity index (χ3n) is 5.12. The highest BCUT2D eigenvalue weighted by Crippen LogP contribution is 2.33. The molecular formula is C18H24N4O2S. The molecule has 1 atom stereocenters. The van der Waals surface area contributed by atoms with E-state index in [1.54, 1.807) is 6.33 Å². The number of nitrogens with zero attached hydrogens (tertiary/aromatic N) is 3. The summed E-state index contributed by atoms with van der Waals surface area (Å²) in [7, 11) is 0. The van der Waals surface area contributed by atoms with E-state index in [1.807, 2.05) is 12.1 Å². The first-order valence-corrected chi connectivity index (χ1v) is 10.0. The van der Waals surface area contributed by atoms with Crippen molar-refractivity contribution in [2.24, 2.45) is 0 Å². The smallest absolute Gasteiger partial charge is 0.261 e. The molecule has 1 aliphatic carbocycles. The van der Waals surface area contributed by atoms with Crippen molar-refractivity contribution in [3.05, 3.63) is 34.0 Å². The molecule has 2 aliphatic rings. The lowest BCUT2D eigenvalue weighted by molar-refractivity contribution is 0.0953. The maximum Gasteiger partial charge on any atom is 0.261 e. The summed E-state index contributed by atoms with van der Waals surface area (Å²) in [4.78, 5) is 14.3. The van der Waals surface area contributed by atoms with E-state index in [9.17, 15) is 4.79 Å². The van der Waals surface area contributed by atoms with Crippen LogP contribution in [-0.4, -0.2) is 27.3 Å². The van der Waals surface area contributed by atoms with Crippen molar-refractivity contribution >= 4 is 17.2 Å². The van der Waals surface area contributed by atoms with Crippen LogP contribution in [0.2, 0.25) is 0 Å². The van der Waals surface area contributed by atoms with Gasteiger partial charge in [0.1, 0.15) is 6.33 Å². The van der Waals surface area contributed by atoms with Gasteiger partial charge in [0.05, 0.1) is 17.5 Å². The molecule has 1 saturated heterocycles. The third kappa shape index (κ3) is 3.77. The summed E-state index contributed by atoms with van der Waals surface area (Å²) in [5.74, 6) is 0.795. The lowest BCUT2D eigenvalue weighted by Crippen LogP contribution is -2.25. The molecule has 2 aromatic heterocycles. The van der Waals surface area contributed by atoms with E-state index in [4.69, 9.17) is 4.74 Å². The summed E-state index contributed by atoms with van der Waals surface area (Å²) < 4.78 is 7.84. The van der Waals surface area contributed by atoms with Crippen molar-refractivity contribution in [1.82, 2.24) is 20.1 Å². The van der Waals surface area contributed by atoms with E-state index in [1.165, 1.54) is 43.4 Å². The van der Waals surface area contributed by atoms with E-state index >= 15 is 0 Å². The van der Waals surface area contributed by atoms with Gasteiger partial charge in [0.15, 0.2) is 5.82 Å². The number of amides is 1. The number of nitrogens with one attached hydrogen (secondary N) is 1. The van der Waals surface area contributed by atoms with Gasteiger partial charge in [-0.15, -0.1) is 21.5 Å². The number of aromatic nitrogens is 3. The molecule has 25 heavy (non-hydrogen) atoms.